The minimum Gasteiger partial charge on any atom is -0.462 e. The summed E-state index contributed by atoms with van der Waals surface area (Å²) in [6.07, 6.45) is 1.33. The molecule has 0 aliphatic heterocycles. The maximum absolute atomic E-state index is 11.1. The fourth-order valence-corrected chi connectivity index (χ4v) is 1.07. The van der Waals surface area contributed by atoms with E-state index < -0.39 is 5.97 Å². The molecule has 0 bridgehead atoms. The molecule has 3 nitrogen and oxygen atoms in total. The maximum Gasteiger partial charge on any atom is 0.350 e. The van der Waals surface area contributed by atoms with Crippen molar-refractivity contribution in [3.63, 3.8) is 0 Å². The lowest BCUT2D eigenvalue weighted by Gasteiger charge is -2.01. The van der Waals surface area contributed by atoms with Crippen LogP contribution in [-0.4, -0.2) is 12.6 Å². The molecule has 0 amide bonds. The number of esters is 1. The Morgan fingerprint density at radius 1 is 1.54 bits per heavy atom. The molecule has 0 radical (unpaired) electrons. The second-order valence-electron chi connectivity index (χ2n) is 2.36. The molecule has 0 aromatic rings. The summed E-state index contributed by atoms with van der Waals surface area (Å²) in [6, 6.07) is 1.74. The number of nitriles is 1. The van der Waals surface area contributed by atoms with Crippen molar-refractivity contribution in [3.05, 3.63) is 10.6 Å². The number of hydrogen-bond donors (Lipinski definition) is 0. The van der Waals surface area contributed by atoms with Gasteiger partial charge in [0, 0.05) is 5.03 Å². The number of nitrogens with zero attached hydrogens (tertiary/aromatic N) is 1. The highest BCUT2D eigenvalue weighted by molar-refractivity contribution is 6.32. The lowest BCUT2D eigenvalue weighted by molar-refractivity contribution is -0.138. The van der Waals surface area contributed by atoms with Crippen molar-refractivity contribution in [2.24, 2.45) is 0 Å². The van der Waals surface area contributed by atoms with Crippen LogP contribution in [0, 0.1) is 11.3 Å². The SMILES string of the molecule is CCC/C(Cl)=C(\C#N)C(=O)OCC. The zero-order valence-corrected chi connectivity index (χ0v) is 8.52. The number of ether oxygens (including phenoxy) is 1. The van der Waals surface area contributed by atoms with Crippen molar-refractivity contribution < 1.29 is 9.53 Å². The molecule has 0 saturated carbocycles. The second kappa shape index (κ2) is 6.50. The summed E-state index contributed by atoms with van der Waals surface area (Å²) in [5, 5.41) is 8.91. The molecule has 0 aromatic carbocycles. The largest absolute Gasteiger partial charge is 0.462 e. The van der Waals surface area contributed by atoms with E-state index in [1.165, 1.54) is 0 Å². The van der Waals surface area contributed by atoms with Crippen molar-refractivity contribution in [1.82, 2.24) is 0 Å². The van der Waals surface area contributed by atoms with Crippen LogP contribution in [0.3, 0.4) is 0 Å². The minimum atomic E-state index is -0.636. The van der Waals surface area contributed by atoms with Gasteiger partial charge in [0.25, 0.3) is 0 Å². The number of carbonyl (C=O) groups excluding carboxylic acids is 1. The molecule has 0 rings (SSSR count). The van der Waals surface area contributed by atoms with Gasteiger partial charge in [-0.15, -0.1) is 0 Å². The molecule has 0 fully saturated rings. The van der Waals surface area contributed by atoms with Crippen LogP contribution in [0.15, 0.2) is 10.6 Å². The van der Waals surface area contributed by atoms with E-state index >= 15 is 0 Å². The Hall–Kier alpha value is -1.01. The molecule has 0 unspecified atom stereocenters. The van der Waals surface area contributed by atoms with Crippen LogP contribution >= 0.6 is 11.6 Å². The molecule has 0 N–H and O–H groups in total. The van der Waals surface area contributed by atoms with Crippen molar-refractivity contribution in [1.29, 1.82) is 5.26 Å². The van der Waals surface area contributed by atoms with Gasteiger partial charge in [0.2, 0.25) is 0 Å². The quantitative estimate of drug-likeness (QED) is 0.399. The van der Waals surface area contributed by atoms with Gasteiger partial charge in [0.1, 0.15) is 6.07 Å². The Bertz CT molecular complexity index is 253. The first-order valence-corrected chi connectivity index (χ1v) is 4.51. The highest BCUT2D eigenvalue weighted by Gasteiger charge is 2.14. The predicted molar refractivity (Wildman–Crippen MR) is 50.0 cm³/mol. The summed E-state index contributed by atoms with van der Waals surface area (Å²) in [4.78, 5) is 11.1. The van der Waals surface area contributed by atoms with E-state index in [-0.39, 0.29) is 17.2 Å². The maximum atomic E-state index is 11.1. The first-order valence-electron chi connectivity index (χ1n) is 4.13. The Morgan fingerprint density at radius 3 is 2.54 bits per heavy atom. The third-order valence-corrected chi connectivity index (χ3v) is 1.71. The van der Waals surface area contributed by atoms with Crippen molar-refractivity contribution in [2.75, 3.05) is 6.61 Å². The number of hydrogen-bond acceptors (Lipinski definition) is 3. The summed E-state index contributed by atoms with van der Waals surface area (Å²) < 4.78 is 4.66. The van der Waals surface area contributed by atoms with Crippen LogP contribution in [0.1, 0.15) is 26.7 Å². The standard InChI is InChI=1S/C9H12ClNO2/c1-3-5-8(10)7(6-11)9(12)13-4-2/h3-5H2,1-2H3/b8-7-. The van der Waals surface area contributed by atoms with E-state index in [4.69, 9.17) is 16.9 Å². The van der Waals surface area contributed by atoms with Crippen molar-refractivity contribution in [2.45, 2.75) is 26.7 Å². The summed E-state index contributed by atoms with van der Waals surface area (Å²) in [5.74, 6) is -0.636. The molecule has 0 aliphatic rings. The fraction of sp³-hybridized carbons (Fsp3) is 0.556. The zero-order chi connectivity index (χ0) is 10.3. The molecule has 0 aliphatic carbocycles. The second-order valence-corrected chi connectivity index (χ2v) is 2.82. The summed E-state index contributed by atoms with van der Waals surface area (Å²) in [5.41, 5.74) is -0.0784. The van der Waals surface area contributed by atoms with E-state index in [1.54, 1.807) is 13.0 Å². The van der Waals surface area contributed by atoms with Gasteiger partial charge in [0.15, 0.2) is 5.57 Å². The van der Waals surface area contributed by atoms with E-state index in [9.17, 15) is 4.79 Å². The third-order valence-electron chi connectivity index (χ3n) is 1.33. The van der Waals surface area contributed by atoms with Gasteiger partial charge in [-0.2, -0.15) is 5.26 Å². The molecule has 0 atom stereocenters. The summed E-state index contributed by atoms with van der Waals surface area (Å²) in [6.45, 7) is 3.85. The van der Waals surface area contributed by atoms with Gasteiger partial charge in [-0.25, -0.2) is 4.79 Å². The topological polar surface area (TPSA) is 50.1 Å². The van der Waals surface area contributed by atoms with Crippen LogP contribution in [0.25, 0.3) is 0 Å². The van der Waals surface area contributed by atoms with Crippen LogP contribution in [0.2, 0.25) is 0 Å². The lowest BCUT2D eigenvalue weighted by atomic mass is 10.2. The summed E-state index contributed by atoms with van der Waals surface area (Å²) >= 11 is 5.73. The smallest absolute Gasteiger partial charge is 0.350 e. The fourth-order valence-electron chi connectivity index (χ4n) is 0.765. The van der Waals surface area contributed by atoms with Gasteiger partial charge >= 0.3 is 5.97 Å². The molecular formula is C9H12ClNO2. The lowest BCUT2D eigenvalue weighted by Crippen LogP contribution is -2.07. The van der Waals surface area contributed by atoms with Gasteiger partial charge in [-0.05, 0) is 13.3 Å². The molecule has 0 aromatic heterocycles. The van der Waals surface area contributed by atoms with E-state index in [0.717, 1.165) is 6.42 Å². The first-order chi connectivity index (χ1) is 6.17. The minimum absolute atomic E-state index is 0.0784. The van der Waals surface area contributed by atoms with E-state index in [1.807, 2.05) is 6.92 Å². The van der Waals surface area contributed by atoms with E-state index in [2.05, 4.69) is 4.74 Å². The molecule has 13 heavy (non-hydrogen) atoms. The zero-order valence-electron chi connectivity index (χ0n) is 7.76. The van der Waals surface area contributed by atoms with Gasteiger partial charge in [0.05, 0.1) is 6.61 Å². The molecule has 72 valence electrons. The molecular weight excluding hydrogens is 190 g/mol. The molecule has 0 saturated heterocycles. The van der Waals surface area contributed by atoms with Crippen molar-refractivity contribution in [3.8, 4) is 6.07 Å². The normalized spacial score (nSPS) is 11.5. The number of halogens is 1. The third kappa shape index (κ3) is 3.95. The average molecular weight is 202 g/mol. The van der Waals surface area contributed by atoms with Gasteiger partial charge in [-0.1, -0.05) is 24.9 Å². The molecule has 4 heteroatoms. The van der Waals surface area contributed by atoms with Crippen LogP contribution in [0.4, 0.5) is 0 Å². The number of carbonyl (C=O) groups is 1. The van der Waals surface area contributed by atoms with E-state index in [0.29, 0.717) is 6.42 Å². The number of allylic oxidation sites excluding steroid dienone is 1. The number of rotatable bonds is 4. The molecule has 0 heterocycles. The Labute approximate surface area is 82.9 Å². The van der Waals surface area contributed by atoms with Crippen LogP contribution in [-0.2, 0) is 9.53 Å². The first kappa shape index (κ1) is 12.0. The predicted octanol–water partition coefficient (Wildman–Crippen LogP) is 2.37. The van der Waals surface area contributed by atoms with Crippen LogP contribution < -0.4 is 0 Å². The highest BCUT2D eigenvalue weighted by atomic mass is 35.5. The van der Waals surface area contributed by atoms with Crippen LogP contribution in [0.5, 0.6) is 0 Å². The summed E-state index contributed by atoms with van der Waals surface area (Å²) in [7, 11) is 0. The Morgan fingerprint density at radius 2 is 2.15 bits per heavy atom. The van der Waals surface area contributed by atoms with Crippen molar-refractivity contribution >= 4 is 17.6 Å². The Balaban J connectivity index is 4.59. The average Bonchev–Trinajstić information content (AvgIpc) is 2.06. The highest BCUT2D eigenvalue weighted by Crippen LogP contribution is 2.16. The molecule has 0 spiro atoms. The Kier molecular flexibility index (Phi) is 5.99. The monoisotopic (exact) mass is 201 g/mol. The van der Waals surface area contributed by atoms with Gasteiger partial charge in [-0.3, -0.25) is 0 Å². The van der Waals surface area contributed by atoms with Gasteiger partial charge < -0.3 is 4.74 Å².